The van der Waals surface area contributed by atoms with Gasteiger partial charge < -0.3 is 10.1 Å². The monoisotopic (exact) mass is 267 g/mol. The maximum Gasteiger partial charge on any atom is 0.328 e. The van der Waals surface area contributed by atoms with Crippen LogP contribution in [-0.2, 0) is 9.53 Å². The van der Waals surface area contributed by atoms with E-state index in [4.69, 9.17) is 0 Å². The van der Waals surface area contributed by atoms with Crippen molar-refractivity contribution in [3.05, 3.63) is 27.9 Å². The highest BCUT2D eigenvalue weighted by molar-refractivity contribution is 5.80. The quantitative estimate of drug-likeness (QED) is 0.497. The molecule has 0 aliphatic carbocycles. The Hall–Kier alpha value is -2.18. The van der Waals surface area contributed by atoms with Crippen molar-refractivity contribution in [3.63, 3.8) is 0 Å². The van der Waals surface area contributed by atoms with Crippen molar-refractivity contribution < 1.29 is 14.5 Å². The molecule has 1 aromatic heterocycles. The maximum absolute atomic E-state index is 11.6. The predicted molar refractivity (Wildman–Crippen MR) is 69.9 cm³/mol. The van der Waals surface area contributed by atoms with Gasteiger partial charge in [0.1, 0.15) is 6.04 Å². The Bertz CT molecular complexity index is 488. The molecule has 0 fully saturated rings. The van der Waals surface area contributed by atoms with Gasteiger partial charge in [-0.3, -0.25) is 10.1 Å². The number of esters is 1. The molecule has 0 bridgehead atoms. The third-order valence-corrected chi connectivity index (χ3v) is 2.72. The van der Waals surface area contributed by atoms with Crippen LogP contribution in [0.25, 0.3) is 0 Å². The molecule has 1 atom stereocenters. The summed E-state index contributed by atoms with van der Waals surface area (Å²) in [5, 5.41) is 13.8. The molecule has 19 heavy (non-hydrogen) atoms. The first-order valence-electron chi connectivity index (χ1n) is 5.82. The van der Waals surface area contributed by atoms with Crippen LogP contribution in [0.3, 0.4) is 0 Å². The molecule has 1 rings (SSSR count). The Kier molecular flexibility index (Phi) is 4.80. The number of aromatic nitrogens is 1. The summed E-state index contributed by atoms with van der Waals surface area (Å²) >= 11 is 0. The molecule has 0 aromatic carbocycles. The van der Waals surface area contributed by atoms with Crippen molar-refractivity contribution in [1.82, 2.24) is 4.98 Å². The summed E-state index contributed by atoms with van der Waals surface area (Å²) in [7, 11) is 1.28. The molecule has 7 nitrogen and oxygen atoms in total. The number of aryl methyl sites for hydroxylation is 1. The second kappa shape index (κ2) is 6.12. The number of nitro groups is 1. The number of nitrogens with zero attached hydrogens (tertiary/aromatic N) is 2. The van der Waals surface area contributed by atoms with Crippen LogP contribution in [0, 0.1) is 23.0 Å². The lowest BCUT2D eigenvalue weighted by Crippen LogP contribution is -2.36. The number of anilines is 1. The van der Waals surface area contributed by atoms with Crippen molar-refractivity contribution in [2.24, 2.45) is 5.92 Å². The summed E-state index contributed by atoms with van der Waals surface area (Å²) in [6.45, 7) is 5.25. The van der Waals surface area contributed by atoms with Crippen LogP contribution in [0.4, 0.5) is 11.5 Å². The minimum absolute atomic E-state index is 0.0779. The molecule has 0 spiro atoms. The summed E-state index contributed by atoms with van der Waals surface area (Å²) in [5.74, 6) is -0.490. The second-order valence-electron chi connectivity index (χ2n) is 4.47. The average Bonchev–Trinajstić information content (AvgIpc) is 2.34. The van der Waals surface area contributed by atoms with E-state index in [1.54, 1.807) is 13.0 Å². The largest absolute Gasteiger partial charge is 0.467 e. The highest BCUT2D eigenvalue weighted by Gasteiger charge is 2.27. The molecule has 1 unspecified atom stereocenters. The van der Waals surface area contributed by atoms with Gasteiger partial charge in [0.05, 0.1) is 12.0 Å². The van der Waals surface area contributed by atoms with Gasteiger partial charge in [-0.15, -0.1) is 0 Å². The van der Waals surface area contributed by atoms with E-state index in [0.717, 1.165) is 0 Å². The van der Waals surface area contributed by atoms with E-state index in [-0.39, 0.29) is 17.4 Å². The fraction of sp³-hybridized carbons (Fsp3) is 0.500. The SMILES string of the molecule is COC(=O)C(Nc1nccc(C)c1[N+](=O)[O-])C(C)C. The maximum atomic E-state index is 11.6. The van der Waals surface area contributed by atoms with Crippen LogP contribution < -0.4 is 5.32 Å². The van der Waals surface area contributed by atoms with Gasteiger partial charge in [0, 0.05) is 11.8 Å². The predicted octanol–water partition coefficient (Wildman–Crippen LogP) is 1.91. The van der Waals surface area contributed by atoms with Gasteiger partial charge in [-0.2, -0.15) is 0 Å². The Morgan fingerprint density at radius 2 is 2.16 bits per heavy atom. The van der Waals surface area contributed by atoms with E-state index in [1.165, 1.54) is 13.3 Å². The van der Waals surface area contributed by atoms with Gasteiger partial charge in [0.2, 0.25) is 5.82 Å². The van der Waals surface area contributed by atoms with Crippen molar-refractivity contribution >= 4 is 17.5 Å². The van der Waals surface area contributed by atoms with Gasteiger partial charge in [-0.05, 0) is 18.9 Å². The number of rotatable bonds is 5. The number of carbonyl (C=O) groups is 1. The van der Waals surface area contributed by atoms with Gasteiger partial charge in [0.25, 0.3) is 0 Å². The molecular formula is C12H17N3O4. The Balaban J connectivity index is 3.13. The van der Waals surface area contributed by atoms with Gasteiger partial charge in [-0.1, -0.05) is 13.8 Å². The van der Waals surface area contributed by atoms with Gasteiger partial charge in [0.15, 0.2) is 0 Å². The fourth-order valence-corrected chi connectivity index (χ4v) is 1.66. The van der Waals surface area contributed by atoms with E-state index in [2.05, 4.69) is 15.0 Å². The second-order valence-corrected chi connectivity index (χ2v) is 4.47. The van der Waals surface area contributed by atoms with E-state index in [9.17, 15) is 14.9 Å². The molecule has 7 heteroatoms. The number of nitrogens with one attached hydrogen (secondary N) is 1. The Morgan fingerprint density at radius 3 is 2.63 bits per heavy atom. The molecule has 0 amide bonds. The number of methoxy groups -OCH3 is 1. The number of ether oxygens (including phenoxy) is 1. The minimum Gasteiger partial charge on any atom is -0.467 e. The summed E-state index contributed by atoms with van der Waals surface area (Å²) in [5.41, 5.74) is 0.354. The van der Waals surface area contributed by atoms with E-state index in [1.807, 2.05) is 13.8 Å². The zero-order chi connectivity index (χ0) is 14.6. The number of carbonyl (C=O) groups excluding carboxylic acids is 1. The van der Waals surface area contributed by atoms with E-state index < -0.39 is 16.9 Å². The number of hydrogen-bond acceptors (Lipinski definition) is 6. The van der Waals surface area contributed by atoms with Gasteiger partial charge in [-0.25, -0.2) is 9.78 Å². The van der Waals surface area contributed by atoms with Gasteiger partial charge >= 0.3 is 11.7 Å². The van der Waals surface area contributed by atoms with Crippen LogP contribution in [-0.4, -0.2) is 29.0 Å². The van der Waals surface area contributed by atoms with E-state index in [0.29, 0.717) is 5.56 Å². The molecule has 0 saturated carbocycles. The Labute approximate surface area is 111 Å². The van der Waals surface area contributed by atoms with Crippen LogP contribution in [0.2, 0.25) is 0 Å². The summed E-state index contributed by atoms with van der Waals surface area (Å²) in [6, 6.07) is 0.865. The lowest BCUT2D eigenvalue weighted by Gasteiger charge is -2.20. The van der Waals surface area contributed by atoms with Crippen molar-refractivity contribution in [2.75, 3.05) is 12.4 Å². The summed E-state index contributed by atoms with van der Waals surface area (Å²) < 4.78 is 4.68. The average molecular weight is 267 g/mol. The van der Waals surface area contributed by atoms with Crippen LogP contribution in [0.5, 0.6) is 0 Å². The van der Waals surface area contributed by atoms with Crippen molar-refractivity contribution in [3.8, 4) is 0 Å². The van der Waals surface area contributed by atoms with Crippen LogP contribution >= 0.6 is 0 Å². The highest BCUT2D eigenvalue weighted by atomic mass is 16.6. The molecule has 1 N–H and O–H groups in total. The number of pyridine rings is 1. The first kappa shape index (κ1) is 14.9. The molecule has 0 radical (unpaired) electrons. The molecule has 104 valence electrons. The zero-order valence-corrected chi connectivity index (χ0v) is 11.3. The van der Waals surface area contributed by atoms with E-state index >= 15 is 0 Å². The first-order chi connectivity index (χ1) is 8.88. The molecule has 0 aliphatic rings. The minimum atomic E-state index is -0.682. The lowest BCUT2D eigenvalue weighted by molar-refractivity contribution is -0.384. The zero-order valence-electron chi connectivity index (χ0n) is 11.3. The lowest BCUT2D eigenvalue weighted by atomic mass is 10.0. The third-order valence-electron chi connectivity index (χ3n) is 2.72. The third kappa shape index (κ3) is 3.40. The highest BCUT2D eigenvalue weighted by Crippen LogP contribution is 2.27. The normalized spacial score (nSPS) is 12.1. The first-order valence-corrected chi connectivity index (χ1v) is 5.82. The van der Waals surface area contributed by atoms with Crippen LogP contribution in [0.15, 0.2) is 12.3 Å². The molecule has 1 heterocycles. The molecule has 1 aromatic rings. The summed E-state index contributed by atoms with van der Waals surface area (Å²) in [6.07, 6.45) is 1.46. The fourth-order valence-electron chi connectivity index (χ4n) is 1.66. The van der Waals surface area contributed by atoms with Crippen molar-refractivity contribution in [1.29, 1.82) is 0 Å². The molecular weight excluding hydrogens is 250 g/mol. The summed E-state index contributed by atoms with van der Waals surface area (Å²) in [4.78, 5) is 26.1. The number of hydrogen-bond donors (Lipinski definition) is 1. The smallest absolute Gasteiger partial charge is 0.328 e. The van der Waals surface area contributed by atoms with Crippen molar-refractivity contribution in [2.45, 2.75) is 26.8 Å². The topological polar surface area (TPSA) is 94.4 Å². The standard InChI is InChI=1S/C12H17N3O4/c1-7(2)9(12(16)19-4)14-11-10(15(17)18)8(3)5-6-13-11/h5-7,9H,1-4H3,(H,13,14). The molecule has 0 saturated heterocycles. The molecule has 0 aliphatic heterocycles. The Morgan fingerprint density at radius 1 is 1.53 bits per heavy atom. The van der Waals surface area contributed by atoms with Crippen LogP contribution in [0.1, 0.15) is 19.4 Å².